The SMILES string of the molecule is CC(C)CC1c2cc(Cl)c(N3CC[C@H](N)C3=O)cc2CCN1C(=O)O. The number of anilines is 1. The van der Waals surface area contributed by atoms with Gasteiger partial charge in [-0.3, -0.25) is 4.79 Å². The van der Waals surface area contributed by atoms with Crippen LogP contribution in [0.3, 0.4) is 0 Å². The predicted molar refractivity (Wildman–Crippen MR) is 97.0 cm³/mol. The van der Waals surface area contributed by atoms with Crippen LogP contribution in [0.1, 0.15) is 43.9 Å². The molecule has 7 heteroatoms. The van der Waals surface area contributed by atoms with Gasteiger partial charge in [0, 0.05) is 13.1 Å². The van der Waals surface area contributed by atoms with Crippen LogP contribution in [-0.4, -0.2) is 41.1 Å². The molecule has 136 valence electrons. The highest BCUT2D eigenvalue weighted by molar-refractivity contribution is 6.34. The zero-order chi connectivity index (χ0) is 18.3. The third kappa shape index (κ3) is 3.33. The number of benzene rings is 1. The Morgan fingerprint density at radius 1 is 1.40 bits per heavy atom. The highest BCUT2D eigenvalue weighted by atomic mass is 35.5. The first-order chi connectivity index (χ1) is 11.8. The summed E-state index contributed by atoms with van der Waals surface area (Å²) in [6.07, 6.45) is 1.07. The zero-order valence-corrected chi connectivity index (χ0v) is 15.3. The van der Waals surface area contributed by atoms with E-state index in [4.69, 9.17) is 17.3 Å². The molecular weight excluding hydrogens is 342 g/mol. The lowest BCUT2D eigenvalue weighted by Crippen LogP contribution is -2.40. The van der Waals surface area contributed by atoms with E-state index >= 15 is 0 Å². The predicted octanol–water partition coefficient (Wildman–Crippen LogP) is 3.03. The van der Waals surface area contributed by atoms with Gasteiger partial charge in [0.2, 0.25) is 5.91 Å². The molecule has 1 saturated heterocycles. The molecule has 0 spiro atoms. The molecule has 6 nitrogen and oxygen atoms in total. The Bertz CT molecular complexity index is 707. The number of hydrogen-bond donors (Lipinski definition) is 2. The lowest BCUT2D eigenvalue weighted by Gasteiger charge is -2.37. The Balaban J connectivity index is 2.00. The summed E-state index contributed by atoms with van der Waals surface area (Å²) in [6.45, 7) is 5.17. The number of hydrogen-bond acceptors (Lipinski definition) is 3. The first kappa shape index (κ1) is 18.0. The number of amides is 2. The third-order valence-corrected chi connectivity index (χ3v) is 5.35. The van der Waals surface area contributed by atoms with Gasteiger partial charge in [-0.15, -0.1) is 0 Å². The number of carbonyl (C=O) groups excluding carboxylic acids is 1. The zero-order valence-electron chi connectivity index (χ0n) is 14.5. The maximum Gasteiger partial charge on any atom is 0.407 e. The van der Waals surface area contributed by atoms with Gasteiger partial charge in [-0.05, 0) is 48.4 Å². The monoisotopic (exact) mass is 365 g/mol. The Morgan fingerprint density at radius 3 is 2.68 bits per heavy atom. The fraction of sp³-hybridized carbons (Fsp3) is 0.556. The molecule has 3 N–H and O–H groups in total. The minimum Gasteiger partial charge on any atom is -0.465 e. The largest absolute Gasteiger partial charge is 0.465 e. The van der Waals surface area contributed by atoms with Crippen LogP contribution in [-0.2, 0) is 11.2 Å². The van der Waals surface area contributed by atoms with E-state index in [1.54, 1.807) is 4.90 Å². The second-order valence-electron chi connectivity index (χ2n) is 7.26. The van der Waals surface area contributed by atoms with Gasteiger partial charge in [-0.25, -0.2) is 4.79 Å². The number of carbonyl (C=O) groups is 2. The lowest BCUT2D eigenvalue weighted by atomic mass is 9.87. The van der Waals surface area contributed by atoms with Gasteiger partial charge >= 0.3 is 6.09 Å². The van der Waals surface area contributed by atoms with Crippen LogP contribution in [0.4, 0.5) is 10.5 Å². The van der Waals surface area contributed by atoms with Gasteiger partial charge in [0.05, 0.1) is 22.8 Å². The van der Waals surface area contributed by atoms with Crippen LogP contribution in [0, 0.1) is 5.92 Å². The summed E-state index contributed by atoms with van der Waals surface area (Å²) in [5, 5.41) is 10.0. The normalized spacial score (nSPS) is 23.3. The summed E-state index contributed by atoms with van der Waals surface area (Å²) >= 11 is 6.48. The van der Waals surface area contributed by atoms with Crippen LogP contribution < -0.4 is 10.6 Å². The van der Waals surface area contributed by atoms with Crippen molar-refractivity contribution >= 4 is 29.3 Å². The molecule has 3 rings (SSSR count). The van der Waals surface area contributed by atoms with E-state index in [9.17, 15) is 14.7 Å². The van der Waals surface area contributed by atoms with Gasteiger partial charge in [0.15, 0.2) is 0 Å². The summed E-state index contributed by atoms with van der Waals surface area (Å²) in [7, 11) is 0. The van der Waals surface area contributed by atoms with Crippen LogP contribution in [0.15, 0.2) is 12.1 Å². The minimum atomic E-state index is -0.905. The molecule has 2 amide bonds. The summed E-state index contributed by atoms with van der Waals surface area (Å²) < 4.78 is 0. The first-order valence-corrected chi connectivity index (χ1v) is 9.06. The average molecular weight is 366 g/mol. The molecule has 25 heavy (non-hydrogen) atoms. The topological polar surface area (TPSA) is 86.9 Å². The summed E-state index contributed by atoms with van der Waals surface area (Å²) in [4.78, 5) is 27.0. The number of carboxylic acid groups (broad SMARTS) is 1. The van der Waals surface area contributed by atoms with Crippen LogP contribution in [0.25, 0.3) is 0 Å². The molecule has 1 unspecified atom stereocenters. The van der Waals surface area contributed by atoms with Crippen molar-refractivity contribution < 1.29 is 14.7 Å². The average Bonchev–Trinajstić information content (AvgIpc) is 2.86. The quantitative estimate of drug-likeness (QED) is 0.861. The van der Waals surface area contributed by atoms with Crippen molar-refractivity contribution in [3.05, 3.63) is 28.3 Å². The van der Waals surface area contributed by atoms with Crippen LogP contribution in [0.2, 0.25) is 5.02 Å². The first-order valence-electron chi connectivity index (χ1n) is 8.68. The Kier molecular flexibility index (Phi) is 4.93. The molecule has 0 aromatic heterocycles. The van der Waals surface area contributed by atoms with Crippen molar-refractivity contribution in [2.45, 2.75) is 45.2 Å². The lowest BCUT2D eigenvalue weighted by molar-refractivity contribution is -0.118. The maximum atomic E-state index is 12.2. The van der Waals surface area contributed by atoms with Gasteiger partial charge in [0.25, 0.3) is 0 Å². The molecule has 0 saturated carbocycles. The molecule has 1 aromatic rings. The molecule has 0 aliphatic carbocycles. The van der Waals surface area contributed by atoms with Crippen molar-refractivity contribution in [3.63, 3.8) is 0 Å². The van der Waals surface area contributed by atoms with E-state index in [-0.39, 0.29) is 11.9 Å². The fourth-order valence-corrected chi connectivity index (χ4v) is 4.06. The molecule has 1 aromatic carbocycles. The molecule has 1 fully saturated rings. The summed E-state index contributed by atoms with van der Waals surface area (Å²) in [5.74, 6) is 0.248. The van der Waals surface area contributed by atoms with Crippen LogP contribution in [0.5, 0.6) is 0 Å². The fourth-order valence-electron chi connectivity index (χ4n) is 3.79. The highest BCUT2D eigenvalue weighted by Gasteiger charge is 2.35. The van der Waals surface area contributed by atoms with Gasteiger partial charge in [-0.2, -0.15) is 0 Å². The van der Waals surface area contributed by atoms with Gasteiger partial charge in [0.1, 0.15) is 0 Å². The molecule has 0 radical (unpaired) electrons. The number of halogens is 1. The minimum absolute atomic E-state index is 0.108. The molecule has 0 bridgehead atoms. The van der Waals surface area contributed by atoms with Crippen molar-refractivity contribution in [2.24, 2.45) is 11.7 Å². The van der Waals surface area contributed by atoms with Crippen molar-refractivity contribution in [1.29, 1.82) is 0 Å². The summed E-state index contributed by atoms with van der Waals surface area (Å²) in [5.41, 5.74) is 8.52. The molecule has 2 aliphatic heterocycles. The smallest absolute Gasteiger partial charge is 0.407 e. The van der Waals surface area contributed by atoms with Crippen molar-refractivity contribution in [3.8, 4) is 0 Å². The third-order valence-electron chi connectivity index (χ3n) is 5.04. The highest BCUT2D eigenvalue weighted by Crippen LogP contribution is 2.40. The molecule has 2 aliphatic rings. The van der Waals surface area contributed by atoms with Gasteiger partial charge in [-0.1, -0.05) is 25.4 Å². The Morgan fingerprint density at radius 2 is 2.12 bits per heavy atom. The molecule has 2 heterocycles. The second-order valence-corrected chi connectivity index (χ2v) is 7.67. The number of fused-ring (bicyclic) bond motifs is 1. The number of nitrogens with two attached hydrogens (primary N) is 1. The van der Waals surface area contributed by atoms with E-state index < -0.39 is 12.1 Å². The molecule has 2 atom stereocenters. The standard InChI is InChI=1S/C18H24ClN3O3/c1-10(2)7-15-12-9-13(19)16(21-6-4-14(20)17(21)23)8-11(12)3-5-22(15)18(24)25/h8-10,14-15H,3-7,20H2,1-2H3,(H,24,25)/t14-,15?/m0/s1. The van der Waals surface area contributed by atoms with Gasteiger partial charge < -0.3 is 20.6 Å². The van der Waals surface area contributed by atoms with E-state index in [1.807, 2.05) is 12.1 Å². The van der Waals surface area contributed by atoms with E-state index in [0.717, 1.165) is 17.5 Å². The Hall–Kier alpha value is -1.79. The van der Waals surface area contributed by atoms with E-state index in [1.165, 1.54) is 4.90 Å². The van der Waals surface area contributed by atoms with Crippen molar-refractivity contribution in [2.75, 3.05) is 18.0 Å². The Labute approximate surface area is 152 Å². The summed E-state index contributed by atoms with van der Waals surface area (Å²) in [6, 6.07) is 3.11. The van der Waals surface area contributed by atoms with Crippen LogP contribution >= 0.6 is 11.6 Å². The van der Waals surface area contributed by atoms with E-state index in [0.29, 0.717) is 42.6 Å². The van der Waals surface area contributed by atoms with Crippen molar-refractivity contribution in [1.82, 2.24) is 4.90 Å². The number of rotatable bonds is 3. The molecular formula is C18H24ClN3O3. The maximum absolute atomic E-state index is 12.2. The second kappa shape index (κ2) is 6.84. The number of nitrogens with zero attached hydrogens (tertiary/aromatic N) is 2. The van der Waals surface area contributed by atoms with E-state index in [2.05, 4.69) is 13.8 Å².